The molecule has 0 aromatic heterocycles. The standard InChI is InChI=1S/C13H25NO2/c1-11-12(2)16-10-13(9-15-11)8-14-6-4-3-5-7-14/h11-13H,3-10H2,1-2H3. The minimum Gasteiger partial charge on any atom is -0.375 e. The van der Waals surface area contributed by atoms with Gasteiger partial charge in [0.2, 0.25) is 0 Å². The fourth-order valence-electron chi connectivity index (χ4n) is 2.51. The summed E-state index contributed by atoms with van der Waals surface area (Å²) in [5.74, 6) is 0.561. The number of hydrogen-bond donors (Lipinski definition) is 0. The molecule has 2 aliphatic rings. The highest BCUT2D eigenvalue weighted by atomic mass is 16.5. The van der Waals surface area contributed by atoms with Gasteiger partial charge in [-0.05, 0) is 39.8 Å². The highest BCUT2D eigenvalue weighted by molar-refractivity contribution is 4.73. The molecule has 16 heavy (non-hydrogen) atoms. The first-order chi connectivity index (χ1) is 7.75. The van der Waals surface area contributed by atoms with E-state index in [-0.39, 0.29) is 12.2 Å². The van der Waals surface area contributed by atoms with Gasteiger partial charge >= 0.3 is 0 Å². The lowest BCUT2D eigenvalue weighted by atomic mass is 10.1. The predicted molar refractivity (Wildman–Crippen MR) is 64.6 cm³/mol. The van der Waals surface area contributed by atoms with E-state index in [0.29, 0.717) is 5.92 Å². The van der Waals surface area contributed by atoms with E-state index in [0.717, 1.165) is 19.8 Å². The smallest absolute Gasteiger partial charge is 0.0806 e. The number of likely N-dealkylation sites (tertiary alicyclic amines) is 1. The van der Waals surface area contributed by atoms with Gasteiger partial charge in [-0.1, -0.05) is 6.42 Å². The molecule has 0 saturated carbocycles. The second-order valence-electron chi connectivity index (χ2n) is 5.30. The summed E-state index contributed by atoms with van der Waals surface area (Å²) in [6.07, 6.45) is 4.61. The van der Waals surface area contributed by atoms with Crippen LogP contribution in [0.2, 0.25) is 0 Å². The number of hydrogen-bond acceptors (Lipinski definition) is 3. The van der Waals surface area contributed by atoms with E-state index in [4.69, 9.17) is 9.47 Å². The summed E-state index contributed by atoms with van der Waals surface area (Å²) < 4.78 is 11.6. The van der Waals surface area contributed by atoms with E-state index in [1.54, 1.807) is 0 Å². The number of piperidine rings is 1. The van der Waals surface area contributed by atoms with Gasteiger partial charge in [-0.3, -0.25) is 0 Å². The molecule has 2 atom stereocenters. The molecular formula is C13H25NO2. The van der Waals surface area contributed by atoms with E-state index in [9.17, 15) is 0 Å². The molecule has 2 saturated heterocycles. The second-order valence-corrected chi connectivity index (χ2v) is 5.30. The Morgan fingerprint density at radius 3 is 2.06 bits per heavy atom. The van der Waals surface area contributed by atoms with Gasteiger partial charge in [0.05, 0.1) is 25.4 Å². The quantitative estimate of drug-likeness (QED) is 0.719. The minimum absolute atomic E-state index is 0.242. The van der Waals surface area contributed by atoms with Gasteiger partial charge in [0.15, 0.2) is 0 Å². The monoisotopic (exact) mass is 227 g/mol. The maximum atomic E-state index is 5.82. The summed E-state index contributed by atoms with van der Waals surface area (Å²) in [5, 5.41) is 0. The van der Waals surface area contributed by atoms with Crippen LogP contribution < -0.4 is 0 Å². The van der Waals surface area contributed by atoms with Crippen molar-refractivity contribution < 1.29 is 9.47 Å². The molecule has 2 unspecified atom stereocenters. The SMILES string of the molecule is CC1OCC(CN2CCCCC2)COC1C. The van der Waals surface area contributed by atoms with Crippen LogP contribution in [-0.4, -0.2) is 50.0 Å². The Hall–Kier alpha value is -0.120. The Morgan fingerprint density at radius 1 is 0.938 bits per heavy atom. The molecule has 0 aromatic rings. The van der Waals surface area contributed by atoms with Crippen LogP contribution in [0.5, 0.6) is 0 Å². The normalized spacial score (nSPS) is 38.2. The fourth-order valence-corrected chi connectivity index (χ4v) is 2.51. The molecule has 0 amide bonds. The Morgan fingerprint density at radius 2 is 1.50 bits per heavy atom. The van der Waals surface area contributed by atoms with Gasteiger partial charge in [0.25, 0.3) is 0 Å². The van der Waals surface area contributed by atoms with Crippen LogP contribution in [0.1, 0.15) is 33.1 Å². The molecule has 2 fully saturated rings. The molecule has 0 aliphatic carbocycles. The highest BCUT2D eigenvalue weighted by Crippen LogP contribution is 2.16. The summed E-state index contributed by atoms with van der Waals surface area (Å²) in [5.41, 5.74) is 0. The van der Waals surface area contributed by atoms with E-state index in [2.05, 4.69) is 18.7 Å². The fraction of sp³-hybridized carbons (Fsp3) is 1.00. The zero-order valence-electron chi connectivity index (χ0n) is 10.7. The van der Waals surface area contributed by atoms with E-state index in [1.807, 2.05) is 0 Å². The average Bonchev–Trinajstić information content (AvgIpc) is 2.46. The summed E-state index contributed by atoms with van der Waals surface area (Å²) in [4.78, 5) is 2.57. The van der Waals surface area contributed by atoms with Crippen molar-refractivity contribution in [2.75, 3.05) is 32.8 Å². The third kappa shape index (κ3) is 3.44. The van der Waals surface area contributed by atoms with Gasteiger partial charge in [-0.15, -0.1) is 0 Å². The van der Waals surface area contributed by atoms with Gasteiger partial charge < -0.3 is 14.4 Å². The van der Waals surface area contributed by atoms with E-state index in [1.165, 1.54) is 32.4 Å². The zero-order chi connectivity index (χ0) is 11.4. The van der Waals surface area contributed by atoms with Crippen LogP contribution in [0.4, 0.5) is 0 Å². The van der Waals surface area contributed by atoms with Crippen molar-refractivity contribution in [1.29, 1.82) is 0 Å². The molecule has 0 N–H and O–H groups in total. The first-order valence-corrected chi connectivity index (χ1v) is 6.71. The van der Waals surface area contributed by atoms with Gasteiger partial charge in [0.1, 0.15) is 0 Å². The predicted octanol–water partition coefficient (Wildman–Crippen LogP) is 1.91. The van der Waals surface area contributed by atoms with Crippen molar-refractivity contribution in [1.82, 2.24) is 4.90 Å². The number of nitrogens with zero attached hydrogens (tertiary/aromatic N) is 1. The van der Waals surface area contributed by atoms with Crippen molar-refractivity contribution in [2.45, 2.75) is 45.3 Å². The van der Waals surface area contributed by atoms with Crippen molar-refractivity contribution in [2.24, 2.45) is 5.92 Å². The molecular weight excluding hydrogens is 202 g/mol. The van der Waals surface area contributed by atoms with E-state index >= 15 is 0 Å². The third-order valence-corrected chi connectivity index (χ3v) is 3.82. The molecule has 3 heteroatoms. The molecule has 2 heterocycles. The van der Waals surface area contributed by atoms with Gasteiger partial charge in [-0.2, -0.15) is 0 Å². The van der Waals surface area contributed by atoms with Crippen LogP contribution in [0.25, 0.3) is 0 Å². The zero-order valence-corrected chi connectivity index (χ0v) is 10.7. The number of ether oxygens (including phenoxy) is 2. The largest absolute Gasteiger partial charge is 0.375 e. The molecule has 2 rings (SSSR count). The van der Waals surface area contributed by atoms with Gasteiger partial charge in [0, 0.05) is 12.5 Å². The minimum atomic E-state index is 0.242. The Kier molecular flexibility index (Phi) is 4.62. The lowest BCUT2D eigenvalue weighted by Gasteiger charge is -2.29. The van der Waals surface area contributed by atoms with Crippen LogP contribution in [0, 0.1) is 5.92 Å². The lowest BCUT2D eigenvalue weighted by Crippen LogP contribution is -2.36. The van der Waals surface area contributed by atoms with Gasteiger partial charge in [-0.25, -0.2) is 0 Å². The molecule has 0 aromatic carbocycles. The van der Waals surface area contributed by atoms with Crippen molar-refractivity contribution >= 4 is 0 Å². The van der Waals surface area contributed by atoms with Crippen LogP contribution >= 0.6 is 0 Å². The summed E-state index contributed by atoms with van der Waals surface area (Å²) in [6, 6.07) is 0. The van der Waals surface area contributed by atoms with Crippen molar-refractivity contribution in [3.8, 4) is 0 Å². The van der Waals surface area contributed by atoms with Crippen molar-refractivity contribution in [3.05, 3.63) is 0 Å². The molecule has 0 radical (unpaired) electrons. The van der Waals surface area contributed by atoms with Crippen LogP contribution in [0.15, 0.2) is 0 Å². The maximum absolute atomic E-state index is 5.82. The Labute approximate surface area is 99.1 Å². The summed E-state index contributed by atoms with van der Waals surface area (Å²) in [6.45, 7) is 9.62. The lowest BCUT2D eigenvalue weighted by molar-refractivity contribution is -0.0157. The molecule has 94 valence electrons. The van der Waals surface area contributed by atoms with Crippen LogP contribution in [0.3, 0.4) is 0 Å². The highest BCUT2D eigenvalue weighted by Gasteiger charge is 2.24. The number of rotatable bonds is 2. The van der Waals surface area contributed by atoms with E-state index < -0.39 is 0 Å². The topological polar surface area (TPSA) is 21.7 Å². The maximum Gasteiger partial charge on any atom is 0.0806 e. The molecule has 2 aliphatic heterocycles. The Balaban J connectivity index is 1.76. The third-order valence-electron chi connectivity index (χ3n) is 3.82. The Bertz CT molecular complexity index is 192. The summed E-state index contributed by atoms with van der Waals surface area (Å²) in [7, 11) is 0. The molecule has 0 bridgehead atoms. The second kappa shape index (κ2) is 5.99. The molecule has 3 nitrogen and oxygen atoms in total. The first-order valence-electron chi connectivity index (χ1n) is 6.71. The van der Waals surface area contributed by atoms with Crippen molar-refractivity contribution in [3.63, 3.8) is 0 Å². The summed E-state index contributed by atoms with van der Waals surface area (Å²) >= 11 is 0. The first kappa shape index (κ1) is 12.3. The average molecular weight is 227 g/mol. The molecule has 0 spiro atoms. The van der Waals surface area contributed by atoms with Crippen LogP contribution in [-0.2, 0) is 9.47 Å².